The molecule has 2 heterocycles. The van der Waals surface area contributed by atoms with E-state index in [1.165, 1.54) is 43.2 Å². The molecule has 24 heavy (non-hydrogen) atoms. The number of fused-ring (bicyclic) bond motifs is 1. The van der Waals surface area contributed by atoms with E-state index >= 15 is 0 Å². The van der Waals surface area contributed by atoms with Gasteiger partial charge in [0.15, 0.2) is 0 Å². The molecule has 1 aliphatic carbocycles. The van der Waals surface area contributed by atoms with Crippen LogP contribution in [0, 0.1) is 0 Å². The molecule has 0 unspecified atom stereocenters. The van der Waals surface area contributed by atoms with Gasteiger partial charge < -0.3 is 5.32 Å². The minimum atomic E-state index is 0.593. The maximum absolute atomic E-state index is 4.66. The lowest BCUT2D eigenvalue weighted by Gasteiger charge is -2.09. The van der Waals surface area contributed by atoms with Crippen molar-refractivity contribution in [2.24, 2.45) is 7.05 Å². The second-order valence-corrected chi connectivity index (χ2v) is 6.34. The fourth-order valence-electron chi connectivity index (χ4n) is 3.26. The number of aryl methyl sites for hydroxylation is 3. The summed E-state index contributed by atoms with van der Waals surface area (Å²) < 4.78 is 1.75. The van der Waals surface area contributed by atoms with Crippen molar-refractivity contribution in [2.75, 3.05) is 5.32 Å². The van der Waals surface area contributed by atoms with Crippen molar-refractivity contribution < 1.29 is 0 Å². The van der Waals surface area contributed by atoms with Crippen molar-refractivity contribution in [1.82, 2.24) is 19.7 Å². The molecule has 0 aliphatic heterocycles. The average molecular weight is 319 g/mol. The molecule has 1 N–H and O–H groups in total. The van der Waals surface area contributed by atoms with E-state index in [-0.39, 0.29) is 0 Å². The van der Waals surface area contributed by atoms with Crippen LogP contribution in [0.4, 0.5) is 11.6 Å². The number of rotatable bonds is 3. The fourth-order valence-corrected chi connectivity index (χ4v) is 3.26. The zero-order valence-electron chi connectivity index (χ0n) is 13.9. The minimum absolute atomic E-state index is 0.593. The maximum atomic E-state index is 4.66. The van der Waals surface area contributed by atoms with Crippen LogP contribution in [0.1, 0.15) is 30.4 Å². The first-order valence-corrected chi connectivity index (χ1v) is 8.49. The molecule has 1 aliphatic rings. The third kappa shape index (κ3) is 3.15. The largest absolute Gasteiger partial charge is 0.321 e. The van der Waals surface area contributed by atoms with Crippen LogP contribution in [0.25, 0.3) is 11.3 Å². The number of benzene rings is 1. The molecule has 0 radical (unpaired) electrons. The van der Waals surface area contributed by atoms with Gasteiger partial charge in [0.25, 0.3) is 0 Å². The summed E-state index contributed by atoms with van der Waals surface area (Å²) in [6.45, 7) is 0. The molecule has 5 nitrogen and oxygen atoms in total. The number of nitrogens with one attached hydrogen (secondary N) is 1. The third-order valence-corrected chi connectivity index (χ3v) is 4.51. The standard InChI is InChI=1S/C19H21N5/c1-24-13-17(12-21-24)22-19-20-10-9-18(23-19)16-8-7-14-5-3-2-4-6-15(14)11-16/h7-13H,2-6H2,1H3,(H,20,22,23). The van der Waals surface area contributed by atoms with Crippen LogP contribution < -0.4 is 5.32 Å². The molecule has 1 aromatic carbocycles. The van der Waals surface area contributed by atoms with E-state index in [9.17, 15) is 0 Å². The van der Waals surface area contributed by atoms with Crippen molar-refractivity contribution in [2.45, 2.75) is 32.1 Å². The van der Waals surface area contributed by atoms with Crippen molar-refractivity contribution in [3.8, 4) is 11.3 Å². The second kappa shape index (κ2) is 6.43. The summed E-state index contributed by atoms with van der Waals surface area (Å²) in [4.78, 5) is 8.97. The molecular formula is C19H21N5. The summed E-state index contributed by atoms with van der Waals surface area (Å²) in [5.41, 5.74) is 5.97. The lowest BCUT2D eigenvalue weighted by Crippen LogP contribution is -1.98. The zero-order valence-corrected chi connectivity index (χ0v) is 13.9. The van der Waals surface area contributed by atoms with Crippen LogP contribution >= 0.6 is 0 Å². The molecule has 3 aromatic rings. The van der Waals surface area contributed by atoms with Gasteiger partial charge in [0.1, 0.15) is 0 Å². The SMILES string of the molecule is Cn1cc(Nc2nccc(-c3ccc4c(c3)CCCCC4)n2)cn1. The van der Waals surface area contributed by atoms with Crippen LogP contribution in [-0.2, 0) is 19.9 Å². The molecule has 0 saturated heterocycles. The molecule has 0 fully saturated rings. The Labute approximate surface area is 141 Å². The highest BCUT2D eigenvalue weighted by molar-refractivity contribution is 5.63. The van der Waals surface area contributed by atoms with E-state index in [2.05, 4.69) is 38.6 Å². The number of hydrogen-bond donors (Lipinski definition) is 1. The first kappa shape index (κ1) is 14.9. The van der Waals surface area contributed by atoms with Crippen LogP contribution in [0.3, 0.4) is 0 Å². The Balaban J connectivity index is 1.62. The van der Waals surface area contributed by atoms with Crippen molar-refractivity contribution >= 4 is 11.6 Å². The summed E-state index contributed by atoms with van der Waals surface area (Å²) in [5.74, 6) is 0.593. The second-order valence-electron chi connectivity index (χ2n) is 6.34. The summed E-state index contributed by atoms with van der Waals surface area (Å²) in [7, 11) is 1.89. The van der Waals surface area contributed by atoms with Crippen molar-refractivity contribution in [3.63, 3.8) is 0 Å². The van der Waals surface area contributed by atoms with E-state index in [0.717, 1.165) is 16.9 Å². The lowest BCUT2D eigenvalue weighted by atomic mass is 9.99. The van der Waals surface area contributed by atoms with E-state index in [0.29, 0.717) is 5.95 Å². The Kier molecular flexibility index (Phi) is 3.99. The highest BCUT2D eigenvalue weighted by Crippen LogP contribution is 2.26. The molecule has 0 amide bonds. The Hall–Kier alpha value is -2.69. The van der Waals surface area contributed by atoms with Gasteiger partial charge >= 0.3 is 0 Å². The number of aromatic nitrogens is 4. The van der Waals surface area contributed by atoms with Crippen molar-refractivity contribution in [1.29, 1.82) is 0 Å². The molecule has 5 heteroatoms. The molecule has 4 rings (SSSR count). The predicted molar refractivity (Wildman–Crippen MR) is 95.2 cm³/mol. The van der Waals surface area contributed by atoms with Gasteiger partial charge in [0.05, 0.1) is 17.6 Å². The zero-order chi connectivity index (χ0) is 16.4. The summed E-state index contributed by atoms with van der Waals surface area (Å²) in [5, 5.41) is 7.35. The van der Waals surface area contributed by atoms with E-state index in [4.69, 9.17) is 0 Å². The van der Waals surface area contributed by atoms with Crippen LogP contribution in [-0.4, -0.2) is 19.7 Å². The van der Waals surface area contributed by atoms with Crippen LogP contribution in [0.2, 0.25) is 0 Å². The smallest absolute Gasteiger partial charge is 0.227 e. The van der Waals surface area contributed by atoms with Crippen molar-refractivity contribution in [3.05, 3.63) is 54.0 Å². The molecule has 0 saturated carbocycles. The van der Waals surface area contributed by atoms with Gasteiger partial charge in [-0.2, -0.15) is 5.10 Å². The Morgan fingerprint density at radius 2 is 1.92 bits per heavy atom. The van der Waals surface area contributed by atoms with E-state index in [1.807, 2.05) is 19.3 Å². The first-order chi connectivity index (χ1) is 11.8. The normalized spacial score (nSPS) is 14.0. The fraction of sp³-hybridized carbons (Fsp3) is 0.316. The summed E-state index contributed by atoms with van der Waals surface area (Å²) >= 11 is 0. The van der Waals surface area contributed by atoms with Gasteiger partial charge in [0, 0.05) is 25.0 Å². The maximum Gasteiger partial charge on any atom is 0.227 e. The summed E-state index contributed by atoms with van der Waals surface area (Å²) in [6.07, 6.45) is 11.8. The highest BCUT2D eigenvalue weighted by atomic mass is 15.3. The number of nitrogens with zero attached hydrogens (tertiary/aromatic N) is 4. The summed E-state index contributed by atoms with van der Waals surface area (Å²) in [6, 6.07) is 8.72. The number of hydrogen-bond acceptors (Lipinski definition) is 4. The molecule has 0 atom stereocenters. The van der Waals surface area contributed by atoms with Gasteiger partial charge in [-0.3, -0.25) is 4.68 Å². The molecule has 122 valence electrons. The molecular weight excluding hydrogens is 298 g/mol. The number of anilines is 2. The quantitative estimate of drug-likeness (QED) is 0.744. The molecule has 0 bridgehead atoms. The Morgan fingerprint density at radius 1 is 1.04 bits per heavy atom. The van der Waals surface area contributed by atoms with Crippen LogP contribution in [0.5, 0.6) is 0 Å². The van der Waals surface area contributed by atoms with E-state index < -0.39 is 0 Å². The average Bonchev–Trinajstić information content (AvgIpc) is 2.87. The van der Waals surface area contributed by atoms with Gasteiger partial charge in [-0.1, -0.05) is 18.6 Å². The van der Waals surface area contributed by atoms with Gasteiger partial charge in [-0.05, 0) is 48.9 Å². The van der Waals surface area contributed by atoms with Gasteiger partial charge in [-0.25, -0.2) is 9.97 Å². The monoisotopic (exact) mass is 319 g/mol. The lowest BCUT2D eigenvalue weighted by molar-refractivity contribution is 0.711. The highest BCUT2D eigenvalue weighted by Gasteiger charge is 2.10. The molecule has 2 aromatic heterocycles. The Morgan fingerprint density at radius 3 is 2.75 bits per heavy atom. The Bertz CT molecular complexity index is 852. The van der Waals surface area contributed by atoms with E-state index in [1.54, 1.807) is 17.1 Å². The minimum Gasteiger partial charge on any atom is -0.321 e. The first-order valence-electron chi connectivity index (χ1n) is 8.49. The molecule has 0 spiro atoms. The topological polar surface area (TPSA) is 55.6 Å². The van der Waals surface area contributed by atoms with Gasteiger partial charge in [0.2, 0.25) is 5.95 Å². The van der Waals surface area contributed by atoms with Crippen LogP contribution in [0.15, 0.2) is 42.9 Å². The predicted octanol–water partition coefficient (Wildman–Crippen LogP) is 3.89. The third-order valence-electron chi connectivity index (χ3n) is 4.51. The van der Waals surface area contributed by atoms with Gasteiger partial charge in [-0.15, -0.1) is 0 Å².